The number of aromatic nitrogens is 2. The first-order chi connectivity index (χ1) is 13.5. The highest BCUT2D eigenvalue weighted by atomic mass is 32.1. The number of benzene rings is 1. The largest absolute Gasteiger partial charge is 0.352 e. The Morgan fingerprint density at radius 3 is 2.54 bits per heavy atom. The third-order valence-electron chi connectivity index (χ3n) is 3.98. The topological polar surface area (TPSA) is 84.0 Å². The number of nitrogens with zero attached hydrogens (tertiary/aromatic N) is 2. The number of rotatable bonds is 6. The van der Waals surface area contributed by atoms with Gasteiger partial charge in [0.2, 0.25) is 0 Å². The van der Waals surface area contributed by atoms with Gasteiger partial charge in [0.1, 0.15) is 9.88 Å². The molecular weight excluding hydrogens is 372 g/mol. The summed E-state index contributed by atoms with van der Waals surface area (Å²) in [5.74, 6) is -0.156. The smallest absolute Gasteiger partial charge is 0.267 e. The van der Waals surface area contributed by atoms with Crippen LogP contribution < -0.4 is 10.6 Å². The van der Waals surface area contributed by atoms with E-state index in [9.17, 15) is 9.59 Å². The number of para-hydroxylation sites is 1. The van der Waals surface area contributed by atoms with E-state index in [2.05, 4.69) is 20.6 Å². The van der Waals surface area contributed by atoms with Crippen LogP contribution in [0.5, 0.6) is 0 Å². The van der Waals surface area contributed by atoms with Gasteiger partial charge >= 0.3 is 0 Å². The van der Waals surface area contributed by atoms with E-state index in [-0.39, 0.29) is 11.8 Å². The maximum absolute atomic E-state index is 12.8. The zero-order valence-corrected chi connectivity index (χ0v) is 16.8. The second-order valence-electron chi connectivity index (χ2n) is 6.75. The molecule has 0 radical (unpaired) electrons. The average Bonchev–Trinajstić information content (AvgIpc) is 3.09. The first kappa shape index (κ1) is 19.7. The summed E-state index contributed by atoms with van der Waals surface area (Å²) in [6.07, 6.45) is 1.69. The van der Waals surface area contributed by atoms with Crippen LogP contribution in [0.3, 0.4) is 0 Å². The minimum Gasteiger partial charge on any atom is -0.352 e. The lowest BCUT2D eigenvalue weighted by molar-refractivity contribution is 0.0950. The van der Waals surface area contributed by atoms with Gasteiger partial charge in [0, 0.05) is 12.7 Å². The van der Waals surface area contributed by atoms with Crippen LogP contribution in [0.25, 0.3) is 10.7 Å². The molecule has 2 heterocycles. The quantitative estimate of drug-likeness (QED) is 0.658. The monoisotopic (exact) mass is 394 g/mol. The lowest BCUT2D eigenvalue weighted by atomic mass is 10.1. The summed E-state index contributed by atoms with van der Waals surface area (Å²) in [6.45, 7) is 6.42. The number of nitrogens with one attached hydrogen (secondary N) is 2. The first-order valence-electron chi connectivity index (χ1n) is 9.03. The summed E-state index contributed by atoms with van der Waals surface area (Å²) in [5.41, 5.74) is 2.26. The van der Waals surface area contributed by atoms with E-state index < -0.39 is 0 Å². The number of anilines is 1. The Hall–Kier alpha value is -3.06. The Labute approximate surface area is 168 Å². The fraction of sp³-hybridized carbons (Fsp3) is 0.238. The van der Waals surface area contributed by atoms with E-state index in [0.29, 0.717) is 39.3 Å². The lowest BCUT2D eigenvalue weighted by Gasteiger charge is -2.12. The molecule has 0 spiro atoms. The van der Waals surface area contributed by atoms with Gasteiger partial charge in [0.15, 0.2) is 0 Å². The summed E-state index contributed by atoms with van der Waals surface area (Å²) >= 11 is 1.28. The van der Waals surface area contributed by atoms with Crippen LogP contribution in [0.1, 0.15) is 39.6 Å². The molecule has 0 saturated heterocycles. The molecule has 6 nitrogen and oxygen atoms in total. The number of carbonyl (C=O) groups is 2. The lowest BCUT2D eigenvalue weighted by Crippen LogP contribution is -2.28. The maximum atomic E-state index is 12.8. The Morgan fingerprint density at radius 2 is 1.82 bits per heavy atom. The molecule has 2 amide bonds. The molecule has 0 aliphatic heterocycles. The number of thiazole rings is 1. The average molecular weight is 395 g/mol. The predicted molar refractivity (Wildman–Crippen MR) is 112 cm³/mol. The van der Waals surface area contributed by atoms with Crippen molar-refractivity contribution >= 4 is 28.8 Å². The Kier molecular flexibility index (Phi) is 6.16. The van der Waals surface area contributed by atoms with Gasteiger partial charge in [-0.25, -0.2) is 4.98 Å². The highest BCUT2D eigenvalue weighted by molar-refractivity contribution is 7.17. The molecule has 0 atom stereocenters. The molecule has 3 rings (SSSR count). The van der Waals surface area contributed by atoms with E-state index >= 15 is 0 Å². The van der Waals surface area contributed by atoms with E-state index in [0.717, 1.165) is 5.69 Å². The fourth-order valence-electron chi connectivity index (χ4n) is 2.57. The number of carbonyl (C=O) groups excluding carboxylic acids is 2. The van der Waals surface area contributed by atoms with Crippen LogP contribution in [0.2, 0.25) is 0 Å². The van der Waals surface area contributed by atoms with Gasteiger partial charge in [-0.3, -0.25) is 14.6 Å². The SMILES string of the molecule is Cc1nc(-c2ccccn2)sc1C(=O)Nc1ccccc1C(=O)NCC(C)C. The highest BCUT2D eigenvalue weighted by Gasteiger charge is 2.19. The van der Waals surface area contributed by atoms with Gasteiger partial charge in [-0.1, -0.05) is 32.0 Å². The van der Waals surface area contributed by atoms with Crippen LogP contribution in [0, 0.1) is 12.8 Å². The van der Waals surface area contributed by atoms with E-state index in [1.54, 1.807) is 37.4 Å². The van der Waals surface area contributed by atoms with Gasteiger partial charge in [0.25, 0.3) is 11.8 Å². The normalized spacial score (nSPS) is 10.7. The molecule has 2 aromatic heterocycles. The van der Waals surface area contributed by atoms with E-state index in [4.69, 9.17) is 0 Å². The summed E-state index contributed by atoms with van der Waals surface area (Å²) in [5, 5.41) is 6.42. The number of hydrogen-bond donors (Lipinski definition) is 2. The molecule has 1 aromatic carbocycles. The van der Waals surface area contributed by atoms with Crippen LogP contribution in [-0.4, -0.2) is 28.3 Å². The Balaban J connectivity index is 1.81. The highest BCUT2D eigenvalue weighted by Crippen LogP contribution is 2.27. The second-order valence-corrected chi connectivity index (χ2v) is 7.75. The third-order valence-corrected chi connectivity index (χ3v) is 5.16. The van der Waals surface area contributed by atoms with Gasteiger partial charge in [-0.15, -0.1) is 11.3 Å². The van der Waals surface area contributed by atoms with Crippen molar-refractivity contribution in [3.05, 3.63) is 64.8 Å². The number of hydrogen-bond acceptors (Lipinski definition) is 5. The van der Waals surface area contributed by atoms with Crippen molar-refractivity contribution in [3.63, 3.8) is 0 Å². The van der Waals surface area contributed by atoms with Crippen LogP contribution in [0.4, 0.5) is 5.69 Å². The molecule has 3 aromatic rings. The van der Waals surface area contributed by atoms with Crippen molar-refractivity contribution in [2.45, 2.75) is 20.8 Å². The summed E-state index contributed by atoms with van der Waals surface area (Å²) in [7, 11) is 0. The molecule has 0 saturated carbocycles. The Bertz CT molecular complexity index is 983. The molecule has 144 valence electrons. The minimum atomic E-state index is -0.290. The molecule has 0 aliphatic rings. The zero-order chi connectivity index (χ0) is 20.1. The van der Waals surface area contributed by atoms with Gasteiger partial charge in [-0.05, 0) is 37.1 Å². The van der Waals surface area contributed by atoms with Gasteiger partial charge in [0.05, 0.1) is 22.6 Å². The maximum Gasteiger partial charge on any atom is 0.267 e. The summed E-state index contributed by atoms with van der Waals surface area (Å²) in [4.78, 5) is 34.5. The van der Waals surface area contributed by atoms with Crippen molar-refractivity contribution in [2.24, 2.45) is 5.92 Å². The number of pyridine rings is 1. The minimum absolute atomic E-state index is 0.209. The molecule has 0 bridgehead atoms. The van der Waals surface area contributed by atoms with Crippen molar-refractivity contribution in [1.82, 2.24) is 15.3 Å². The van der Waals surface area contributed by atoms with Crippen molar-refractivity contribution in [1.29, 1.82) is 0 Å². The standard InChI is InChI=1S/C21H22N4O2S/c1-13(2)12-23-19(26)15-8-4-5-9-16(15)25-20(27)18-14(3)24-21(28-18)17-10-6-7-11-22-17/h4-11,13H,12H2,1-3H3,(H,23,26)(H,25,27). The number of aryl methyl sites for hydroxylation is 1. The zero-order valence-electron chi connectivity index (χ0n) is 16.0. The molecule has 0 aliphatic carbocycles. The molecular formula is C21H22N4O2S. The molecule has 0 fully saturated rings. The van der Waals surface area contributed by atoms with Gasteiger partial charge in [-0.2, -0.15) is 0 Å². The fourth-order valence-corrected chi connectivity index (χ4v) is 3.51. The molecule has 28 heavy (non-hydrogen) atoms. The summed E-state index contributed by atoms with van der Waals surface area (Å²) in [6, 6.07) is 12.5. The Morgan fingerprint density at radius 1 is 1.07 bits per heavy atom. The van der Waals surface area contributed by atoms with Crippen molar-refractivity contribution < 1.29 is 9.59 Å². The van der Waals surface area contributed by atoms with Crippen LogP contribution in [0.15, 0.2) is 48.7 Å². The molecule has 0 unspecified atom stereocenters. The molecule has 2 N–H and O–H groups in total. The summed E-state index contributed by atoms with van der Waals surface area (Å²) < 4.78 is 0. The third kappa shape index (κ3) is 4.61. The van der Waals surface area contributed by atoms with Crippen LogP contribution in [-0.2, 0) is 0 Å². The first-order valence-corrected chi connectivity index (χ1v) is 9.84. The molecule has 7 heteroatoms. The number of amides is 2. The van der Waals surface area contributed by atoms with Gasteiger partial charge < -0.3 is 10.6 Å². The van der Waals surface area contributed by atoms with Crippen molar-refractivity contribution in [3.8, 4) is 10.7 Å². The predicted octanol–water partition coefficient (Wildman–Crippen LogP) is 4.15. The van der Waals surface area contributed by atoms with Crippen molar-refractivity contribution in [2.75, 3.05) is 11.9 Å². The second kappa shape index (κ2) is 8.75. The van der Waals surface area contributed by atoms with Crippen LogP contribution >= 0.6 is 11.3 Å². The van der Waals surface area contributed by atoms with E-state index in [1.165, 1.54) is 11.3 Å². The van der Waals surface area contributed by atoms with E-state index in [1.807, 2.05) is 32.0 Å².